The maximum absolute atomic E-state index is 11.6. The number of hydrogen-bond acceptors (Lipinski definition) is 2. The van der Waals surface area contributed by atoms with Gasteiger partial charge < -0.3 is 22.1 Å². The van der Waals surface area contributed by atoms with Gasteiger partial charge in [-0.2, -0.15) is 0 Å². The van der Waals surface area contributed by atoms with Gasteiger partial charge in [-0.05, 0) is 12.1 Å². The van der Waals surface area contributed by atoms with Crippen LogP contribution in [0.3, 0.4) is 0 Å². The Morgan fingerprint density at radius 1 is 1.38 bits per heavy atom. The van der Waals surface area contributed by atoms with Crippen molar-refractivity contribution in [1.82, 2.24) is 0 Å². The second-order valence-corrected chi connectivity index (χ2v) is 2.30. The van der Waals surface area contributed by atoms with Gasteiger partial charge in [0, 0.05) is 6.51 Å². The van der Waals surface area contributed by atoms with E-state index >= 15 is 0 Å². The zero-order valence-electron chi connectivity index (χ0n) is 7.17. The number of ether oxygens (including phenoxy) is 1. The minimum atomic E-state index is -4.85. The number of halogens is 3. The van der Waals surface area contributed by atoms with Gasteiger partial charge in [0.1, 0.15) is 12.4 Å². The van der Waals surface area contributed by atoms with E-state index in [0.29, 0.717) is 5.76 Å². The smallest absolute Gasteiger partial charge is 0.467 e. The van der Waals surface area contributed by atoms with Crippen molar-refractivity contribution in [1.29, 1.82) is 0 Å². The van der Waals surface area contributed by atoms with E-state index in [1.165, 1.54) is 6.26 Å². The molecule has 0 fully saturated rings. The first-order valence-electron chi connectivity index (χ1n) is 3.39. The molecule has 1 aromatic heterocycles. The third-order valence-electron chi connectivity index (χ3n) is 1.13. The summed E-state index contributed by atoms with van der Waals surface area (Å²) in [5.41, 5.74) is 0. The van der Waals surface area contributed by atoms with Crippen molar-refractivity contribution in [3.05, 3.63) is 24.2 Å². The number of rotatable bonds is 4. The van der Waals surface area contributed by atoms with Gasteiger partial charge in [0.05, 0.1) is 6.26 Å². The molecule has 1 aromatic rings. The van der Waals surface area contributed by atoms with Crippen LogP contribution in [0, 0.1) is 0 Å². The molecule has 2 nitrogen and oxygen atoms in total. The second kappa shape index (κ2) is 6.26. The minimum absolute atomic E-state index is 0. The van der Waals surface area contributed by atoms with Crippen molar-refractivity contribution in [2.24, 2.45) is 0 Å². The summed E-state index contributed by atoms with van der Waals surface area (Å²) in [4.78, 5) is 0. The Bertz CT molecular complexity index is 224. The Kier molecular flexibility index (Phi) is 6.61. The Balaban J connectivity index is 0.00000144. The van der Waals surface area contributed by atoms with Crippen LogP contribution in [0.1, 0.15) is 5.76 Å². The number of hydrogen-bond donors (Lipinski definition) is 0. The predicted molar refractivity (Wildman–Crippen MR) is 37.4 cm³/mol. The van der Waals surface area contributed by atoms with Gasteiger partial charge in [-0.1, -0.05) is 0 Å². The fourth-order valence-corrected chi connectivity index (χ4v) is 0.688. The van der Waals surface area contributed by atoms with Crippen LogP contribution in [0.5, 0.6) is 0 Å². The van der Waals surface area contributed by atoms with E-state index in [9.17, 15) is 12.9 Å². The van der Waals surface area contributed by atoms with Crippen molar-refractivity contribution in [2.45, 2.75) is 6.61 Å². The number of furan rings is 1. The molecule has 0 aliphatic rings. The largest absolute Gasteiger partial charge is 1.00 e. The van der Waals surface area contributed by atoms with E-state index in [1.807, 2.05) is 0 Å². The molecule has 0 saturated carbocycles. The van der Waals surface area contributed by atoms with Gasteiger partial charge in [0.2, 0.25) is 0 Å². The SMILES string of the molecule is F[B-](F)(F)COCc1ccco1.[K+]. The average Bonchev–Trinajstić information content (AvgIpc) is 2.36. The topological polar surface area (TPSA) is 22.4 Å². The van der Waals surface area contributed by atoms with Gasteiger partial charge in [-0.25, -0.2) is 0 Å². The van der Waals surface area contributed by atoms with Crippen molar-refractivity contribution >= 4 is 6.98 Å². The van der Waals surface area contributed by atoms with E-state index in [2.05, 4.69) is 4.74 Å². The summed E-state index contributed by atoms with van der Waals surface area (Å²) in [6.07, 6.45) is 1.39. The maximum atomic E-state index is 11.6. The quantitative estimate of drug-likeness (QED) is 0.616. The van der Waals surface area contributed by atoms with E-state index < -0.39 is 13.5 Å². The van der Waals surface area contributed by atoms with Crippen molar-refractivity contribution in [3.63, 3.8) is 0 Å². The zero-order valence-corrected chi connectivity index (χ0v) is 10.3. The van der Waals surface area contributed by atoms with Crippen LogP contribution in [0.2, 0.25) is 0 Å². The molecule has 0 radical (unpaired) electrons. The fraction of sp³-hybridized carbons (Fsp3) is 0.333. The van der Waals surface area contributed by atoms with Crippen LogP contribution in [0.4, 0.5) is 12.9 Å². The van der Waals surface area contributed by atoms with Gasteiger partial charge >= 0.3 is 58.4 Å². The van der Waals surface area contributed by atoms with Crippen LogP contribution in [0.15, 0.2) is 22.8 Å². The third-order valence-corrected chi connectivity index (χ3v) is 1.13. The standard InChI is InChI=1S/C6H7BF3O2.K/c8-7(9,10)5-11-4-6-2-1-3-12-6;/h1-3H,4-5H2;/q-1;+1. The summed E-state index contributed by atoms with van der Waals surface area (Å²) in [5.74, 6) is 0.398. The molecule has 0 atom stereocenters. The summed E-state index contributed by atoms with van der Waals surface area (Å²) in [6.45, 7) is -6.16. The molecule has 13 heavy (non-hydrogen) atoms. The van der Waals surface area contributed by atoms with Gasteiger partial charge in [-0.3, -0.25) is 0 Å². The van der Waals surface area contributed by atoms with Crippen molar-refractivity contribution < 1.29 is 73.5 Å². The molecular formula is C6H7BF3KO2. The summed E-state index contributed by atoms with van der Waals surface area (Å²) in [6, 6.07) is 3.15. The van der Waals surface area contributed by atoms with Gasteiger partial charge in [0.15, 0.2) is 0 Å². The zero-order chi connectivity index (χ0) is 9.03. The van der Waals surface area contributed by atoms with Gasteiger partial charge in [-0.15, -0.1) is 0 Å². The molecule has 1 rings (SSSR count). The molecule has 0 saturated heterocycles. The molecule has 1 heterocycles. The first-order valence-corrected chi connectivity index (χ1v) is 3.39. The van der Waals surface area contributed by atoms with Crippen LogP contribution >= 0.6 is 0 Å². The van der Waals surface area contributed by atoms with Crippen LogP contribution in [0.25, 0.3) is 0 Å². The van der Waals surface area contributed by atoms with E-state index in [-0.39, 0.29) is 58.0 Å². The van der Waals surface area contributed by atoms with E-state index in [4.69, 9.17) is 4.42 Å². The normalized spacial score (nSPS) is 11.0. The molecule has 0 aliphatic heterocycles. The second-order valence-electron chi connectivity index (χ2n) is 2.30. The Morgan fingerprint density at radius 3 is 2.54 bits per heavy atom. The average molecular weight is 218 g/mol. The Labute approximate surface area is 116 Å². The van der Waals surface area contributed by atoms with Crippen molar-refractivity contribution in [2.75, 3.05) is 6.51 Å². The Hall–Kier alpha value is 0.731. The summed E-state index contributed by atoms with van der Waals surface area (Å²) in [7, 11) is 0. The maximum Gasteiger partial charge on any atom is 1.00 e. The van der Waals surface area contributed by atoms with Crippen LogP contribution in [-0.2, 0) is 11.3 Å². The summed E-state index contributed by atoms with van der Waals surface area (Å²) in [5, 5.41) is 0. The molecule has 0 aliphatic carbocycles. The minimum Gasteiger partial charge on any atom is -0.467 e. The third kappa shape index (κ3) is 6.76. The first kappa shape index (κ1) is 13.7. The molecule has 0 amide bonds. The summed E-state index contributed by atoms with van der Waals surface area (Å²) < 4.78 is 43.9. The van der Waals surface area contributed by atoms with Crippen LogP contribution in [-0.4, -0.2) is 13.5 Å². The molecule has 7 heteroatoms. The molecule has 0 unspecified atom stereocenters. The molecular weight excluding hydrogens is 211 g/mol. The molecule has 0 N–H and O–H groups in total. The molecule has 0 bridgehead atoms. The molecule has 0 spiro atoms. The Morgan fingerprint density at radius 2 is 2.08 bits per heavy atom. The van der Waals surface area contributed by atoms with E-state index in [1.54, 1.807) is 12.1 Å². The monoisotopic (exact) mass is 218 g/mol. The fourth-order valence-electron chi connectivity index (χ4n) is 0.688. The van der Waals surface area contributed by atoms with E-state index in [0.717, 1.165) is 0 Å². The predicted octanol–water partition coefficient (Wildman–Crippen LogP) is -0.813. The molecule has 0 aromatic carbocycles. The van der Waals surface area contributed by atoms with Crippen LogP contribution < -0.4 is 51.4 Å². The first-order chi connectivity index (χ1) is 5.58. The van der Waals surface area contributed by atoms with Crippen molar-refractivity contribution in [3.8, 4) is 0 Å². The molecule has 68 valence electrons. The summed E-state index contributed by atoms with van der Waals surface area (Å²) >= 11 is 0. The van der Waals surface area contributed by atoms with Gasteiger partial charge in [0.25, 0.3) is 0 Å².